The van der Waals surface area contributed by atoms with E-state index in [1.54, 1.807) is 34.9 Å². The van der Waals surface area contributed by atoms with Gasteiger partial charge < -0.3 is 30.7 Å². The summed E-state index contributed by atoms with van der Waals surface area (Å²) in [5.74, 6) is 1.53. The number of amides is 2. The molecule has 4 aromatic rings. The number of rotatable bonds is 4. The van der Waals surface area contributed by atoms with Crippen molar-refractivity contribution in [3.63, 3.8) is 0 Å². The second-order valence-electron chi connectivity index (χ2n) is 9.99. The van der Waals surface area contributed by atoms with Gasteiger partial charge in [0.1, 0.15) is 6.61 Å². The molecular weight excluding hydrogens is 558 g/mol. The van der Waals surface area contributed by atoms with Gasteiger partial charge in [0.2, 0.25) is 16.2 Å². The highest BCUT2D eigenvalue weighted by Crippen LogP contribution is 2.29. The van der Waals surface area contributed by atoms with E-state index in [-0.39, 0.29) is 42.6 Å². The number of nitrogens with one attached hydrogen (secondary N) is 2. The number of anilines is 2. The van der Waals surface area contributed by atoms with Gasteiger partial charge in [-0.3, -0.25) is 9.59 Å². The van der Waals surface area contributed by atoms with Crippen LogP contribution in [0.4, 0.5) is 10.3 Å². The summed E-state index contributed by atoms with van der Waals surface area (Å²) in [5, 5.41) is 19.6. The van der Waals surface area contributed by atoms with Gasteiger partial charge >= 0.3 is 0 Å². The molecule has 2 amide bonds. The molecule has 1 atom stereocenters. The second-order valence-corrected chi connectivity index (χ2v) is 11.0. The molecule has 4 N–H and O–H groups in total. The maximum Gasteiger partial charge on any atom is 0.251 e. The van der Waals surface area contributed by atoms with Crippen LogP contribution in [0.5, 0.6) is 11.5 Å². The van der Waals surface area contributed by atoms with E-state index >= 15 is 0 Å². The molecule has 5 rings (SSSR count). The van der Waals surface area contributed by atoms with Crippen molar-refractivity contribution in [2.24, 2.45) is 5.92 Å². The third kappa shape index (κ3) is 6.60. The molecule has 13 nitrogen and oxygen atoms in total. The Bertz CT molecular complexity index is 1540. The van der Waals surface area contributed by atoms with Crippen molar-refractivity contribution in [1.82, 2.24) is 35.6 Å². The minimum atomic E-state index is -0.447. The molecule has 14 heteroatoms. The number of nitrogen functional groups attached to an aromatic ring is 1. The lowest BCUT2D eigenvalue weighted by atomic mass is 10.0. The monoisotopic (exact) mass is 591 g/mol. The topological polar surface area (TPSA) is 162 Å². The molecule has 0 unspecified atom stereocenters. The van der Waals surface area contributed by atoms with Crippen LogP contribution in [0.15, 0.2) is 48.5 Å². The van der Waals surface area contributed by atoms with E-state index in [0.29, 0.717) is 46.9 Å². The van der Waals surface area contributed by atoms with Gasteiger partial charge in [-0.05, 0) is 24.1 Å². The number of fused-ring (bicyclic) bond motifs is 3. The minimum absolute atomic E-state index is 0.00906. The highest BCUT2D eigenvalue weighted by molar-refractivity contribution is 7.18. The zero-order valence-corrected chi connectivity index (χ0v) is 24.4. The number of carbonyl (C=O) groups excluding carboxylic acids is 2. The van der Waals surface area contributed by atoms with Crippen LogP contribution in [-0.4, -0.2) is 70.1 Å². The van der Waals surface area contributed by atoms with Crippen molar-refractivity contribution < 1.29 is 19.1 Å². The molecule has 1 aliphatic rings. The first-order valence-electron chi connectivity index (χ1n) is 13.5. The summed E-state index contributed by atoms with van der Waals surface area (Å²) in [4.78, 5) is 33.1. The van der Waals surface area contributed by atoms with Crippen LogP contribution in [0, 0.1) is 5.92 Å². The van der Waals surface area contributed by atoms with Crippen molar-refractivity contribution in [2.75, 3.05) is 44.0 Å². The average Bonchev–Trinajstić information content (AvgIpc) is 3.61. The summed E-state index contributed by atoms with van der Waals surface area (Å²) in [6, 6.07) is 14.2. The van der Waals surface area contributed by atoms with Crippen LogP contribution in [-0.2, 0) is 11.3 Å². The lowest BCUT2D eigenvalue weighted by molar-refractivity contribution is -0.120. The molecule has 2 aromatic heterocycles. The fourth-order valence-corrected chi connectivity index (χ4v) is 5.19. The summed E-state index contributed by atoms with van der Waals surface area (Å²) in [5.41, 5.74) is 7.10. The van der Waals surface area contributed by atoms with E-state index in [4.69, 9.17) is 25.3 Å². The van der Waals surface area contributed by atoms with Crippen molar-refractivity contribution in [3.05, 3.63) is 59.9 Å². The quantitative estimate of drug-likeness (QED) is 0.321. The fraction of sp³-hybridized carbons (Fsp3) is 0.357. The fourth-order valence-electron chi connectivity index (χ4n) is 4.56. The number of nitrogens with zero attached hydrogens (tertiary/aromatic N) is 6. The molecular formula is C28H33N9O4S. The summed E-state index contributed by atoms with van der Waals surface area (Å²) < 4.78 is 13.3. The lowest BCUT2D eigenvalue weighted by Crippen LogP contribution is -2.43. The number of benzene rings is 2. The van der Waals surface area contributed by atoms with Gasteiger partial charge in [-0.25, -0.2) is 9.67 Å². The SMILES string of the molecule is COc1ccc2cc1OCCn1nc(-c3ccccc3)nc1[C@@H](C(C)C)NC(=O)CN(c1nnc(N)s1)CCNC2=O. The Morgan fingerprint density at radius 2 is 1.90 bits per heavy atom. The predicted molar refractivity (Wildman–Crippen MR) is 159 cm³/mol. The van der Waals surface area contributed by atoms with Crippen LogP contribution in [0.1, 0.15) is 36.1 Å². The highest BCUT2D eigenvalue weighted by Gasteiger charge is 2.27. The molecule has 3 heterocycles. The molecule has 1 aliphatic heterocycles. The zero-order valence-electron chi connectivity index (χ0n) is 23.6. The third-order valence-electron chi connectivity index (χ3n) is 6.68. The summed E-state index contributed by atoms with van der Waals surface area (Å²) in [6.07, 6.45) is 0. The summed E-state index contributed by atoms with van der Waals surface area (Å²) >= 11 is 1.17. The van der Waals surface area contributed by atoms with E-state index in [1.165, 1.54) is 11.3 Å². The normalized spacial score (nSPS) is 16.7. The van der Waals surface area contributed by atoms with Crippen LogP contribution >= 0.6 is 11.3 Å². The molecule has 0 aliphatic carbocycles. The molecule has 2 bridgehead atoms. The van der Waals surface area contributed by atoms with E-state index in [1.807, 2.05) is 44.2 Å². The lowest BCUT2D eigenvalue weighted by Gasteiger charge is -2.25. The number of carbonyl (C=O) groups is 2. The number of aromatic nitrogens is 5. The molecule has 0 saturated heterocycles. The van der Waals surface area contributed by atoms with Crippen molar-refractivity contribution >= 4 is 33.4 Å². The minimum Gasteiger partial charge on any atom is -0.493 e. The highest BCUT2D eigenvalue weighted by atomic mass is 32.1. The first kappa shape index (κ1) is 28.8. The Morgan fingerprint density at radius 1 is 1.10 bits per heavy atom. The van der Waals surface area contributed by atoms with Gasteiger partial charge in [-0.1, -0.05) is 55.5 Å². The van der Waals surface area contributed by atoms with Crippen molar-refractivity contribution in [3.8, 4) is 22.9 Å². The second kappa shape index (κ2) is 12.9. The number of ether oxygens (including phenoxy) is 2. The van der Waals surface area contributed by atoms with Crippen molar-refractivity contribution in [1.29, 1.82) is 0 Å². The summed E-state index contributed by atoms with van der Waals surface area (Å²) in [6.45, 7) is 5.11. The Kier molecular flexibility index (Phi) is 8.81. The number of hydrogen-bond donors (Lipinski definition) is 3. The van der Waals surface area contributed by atoms with Gasteiger partial charge in [-0.15, -0.1) is 10.2 Å². The summed E-state index contributed by atoms with van der Waals surface area (Å²) in [7, 11) is 1.55. The van der Waals surface area contributed by atoms with Crippen LogP contribution in [0.25, 0.3) is 11.4 Å². The Labute approximate surface area is 247 Å². The maximum absolute atomic E-state index is 13.5. The first-order chi connectivity index (χ1) is 20.3. The largest absolute Gasteiger partial charge is 0.493 e. The molecule has 0 radical (unpaired) electrons. The third-order valence-corrected chi connectivity index (χ3v) is 7.50. The first-order valence-corrected chi connectivity index (χ1v) is 14.4. The van der Waals surface area contributed by atoms with Crippen LogP contribution < -0.4 is 30.7 Å². The zero-order chi connectivity index (χ0) is 29.6. The maximum atomic E-state index is 13.5. The molecule has 0 fully saturated rings. The van der Waals surface area contributed by atoms with Crippen molar-refractivity contribution in [2.45, 2.75) is 26.4 Å². The molecule has 2 aromatic carbocycles. The smallest absolute Gasteiger partial charge is 0.251 e. The average molecular weight is 592 g/mol. The van der Waals surface area contributed by atoms with E-state index in [2.05, 4.69) is 20.8 Å². The van der Waals surface area contributed by atoms with Gasteiger partial charge in [0, 0.05) is 24.2 Å². The molecule has 42 heavy (non-hydrogen) atoms. The molecule has 220 valence electrons. The van der Waals surface area contributed by atoms with E-state index in [0.717, 1.165) is 5.56 Å². The van der Waals surface area contributed by atoms with Gasteiger partial charge in [-0.2, -0.15) is 5.10 Å². The predicted octanol–water partition coefficient (Wildman–Crippen LogP) is 2.53. The molecule has 0 saturated carbocycles. The Morgan fingerprint density at radius 3 is 2.62 bits per heavy atom. The number of nitrogens with two attached hydrogens (primary N) is 1. The van der Waals surface area contributed by atoms with Crippen LogP contribution in [0.2, 0.25) is 0 Å². The standard InChI is InChI=1S/C28H33N9O4S/c1-17(2)23-25-32-24(18-7-5-4-6-8-18)35-37(25)13-14-41-21-15-19(9-10-20(21)40-3)26(39)30-11-12-36(16-22(38)31-23)28-34-33-27(29)42-28/h4-10,15,17,23H,11-14,16H2,1-3H3,(H2,29,33)(H,30,39)(H,31,38)/t23-/m1/s1. The van der Waals surface area contributed by atoms with Gasteiger partial charge in [0.15, 0.2) is 23.1 Å². The van der Waals surface area contributed by atoms with E-state index < -0.39 is 6.04 Å². The van der Waals surface area contributed by atoms with Crippen LogP contribution in [0.3, 0.4) is 0 Å². The Hall–Kier alpha value is -4.72. The number of hydrogen-bond acceptors (Lipinski definition) is 11. The number of methoxy groups -OCH3 is 1. The van der Waals surface area contributed by atoms with Gasteiger partial charge in [0.25, 0.3) is 5.91 Å². The molecule has 0 spiro atoms. The Balaban J connectivity index is 1.53. The van der Waals surface area contributed by atoms with E-state index in [9.17, 15) is 9.59 Å². The van der Waals surface area contributed by atoms with Gasteiger partial charge in [0.05, 0.1) is 26.2 Å².